The molecule has 0 bridgehead atoms. The fourth-order valence-electron chi connectivity index (χ4n) is 17.1. The molecule has 0 saturated carbocycles. The molecule has 11 saturated heterocycles. The second-order valence-electron chi connectivity index (χ2n) is 45.5. The maximum absolute atomic E-state index is 11.6. The Labute approximate surface area is 842 Å². The van der Waals surface area contributed by atoms with Gasteiger partial charge in [0, 0.05) is 174 Å². The summed E-state index contributed by atoms with van der Waals surface area (Å²) in [6, 6.07) is 0.192. The van der Waals surface area contributed by atoms with Crippen molar-refractivity contribution in [3.8, 4) is 0 Å². The van der Waals surface area contributed by atoms with Gasteiger partial charge in [-0.1, -0.05) is 0 Å². The Morgan fingerprint density at radius 1 is 0.348 bits per heavy atom. The number of sulfonamides is 1. The fourth-order valence-corrected chi connectivity index (χ4v) is 18.0. The van der Waals surface area contributed by atoms with E-state index in [9.17, 15) is 32.4 Å². The number of piperidine rings is 5. The van der Waals surface area contributed by atoms with Crippen LogP contribution in [-0.2, 0) is 90.7 Å². The molecule has 0 spiro atoms. The van der Waals surface area contributed by atoms with Crippen LogP contribution in [-0.4, -0.2) is 418 Å². The average Bonchev–Trinajstić information content (AvgIpc) is 1.68. The minimum atomic E-state index is -3.02. The molecule has 0 aromatic rings. The zero-order valence-corrected chi connectivity index (χ0v) is 95.6. The van der Waals surface area contributed by atoms with Crippen LogP contribution in [0.15, 0.2) is 0 Å². The van der Waals surface area contributed by atoms with Gasteiger partial charge in [0.15, 0.2) is 6.29 Å². The van der Waals surface area contributed by atoms with E-state index in [4.69, 9.17) is 66.3 Å². The Hall–Kier alpha value is -3.82. The van der Waals surface area contributed by atoms with Gasteiger partial charge in [-0.3, -0.25) is 14.4 Å². The number of likely N-dealkylation sites (N-methyl/N-ethyl adjacent to an activating group) is 1. The van der Waals surface area contributed by atoms with Crippen molar-refractivity contribution in [1.29, 1.82) is 0 Å². The number of likely N-dealkylation sites (tertiary alicyclic amines) is 7. The van der Waals surface area contributed by atoms with E-state index in [1.54, 1.807) is 58.9 Å². The highest BCUT2D eigenvalue weighted by molar-refractivity contribution is 7.88. The molecule has 0 aromatic heterocycles. The third-order valence-electron chi connectivity index (χ3n) is 23.0. The molecule has 11 aliphatic rings. The molecule has 5 atom stereocenters. The second-order valence-corrected chi connectivity index (χ2v) is 47.5. The summed E-state index contributed by atoms with van der Waals surface area (Å²) in [5, 5.41) is 3.32. The van der Waals surface area contributed by atoms with Crippen LogP contribution < -0.4 is 5.32 Å². The van der Waals surface area contributed by atoms with Crippen molar-refractivity contribution >= 4 is 39.8 Å². The van der Waals surface area contributed by atoms with Crippen molar-refractivity contribution < 1.29 is 98.7 Å². The van der Waals surface area contributed by atoms with Crippen LogP contribution in [0.25, 0.3) is 0 Å². The zero-order valence-electron chi connectivity index (χ0n) is 94.8. The van der Waals surface area contributed by atoms with Gasteiger partial charge in [0.05, 0.1) is 132 Å². The molecule has 0 aliphatic carbocycles. The maximum atomic E-state index is 11.6. The minimum absolute atomic E-state index is 0.00199. The molecule has 1 N–H and O–H groups in total. The van der Waals surface area contributed by atoms with Crippen molar-refractivity contribution in [2.24, 2.45) is 0 Å². The first-order chi connectivity index (χ1) is 63.9. The van der Waals surface area contributed by atoms with E-state index in [-0.39, 0.29) is 120 Å². The van der Waals surface area contributed by atoms with E-state index >= 15 is 0 Å². The number of amides is 7. The standard InChI is InChI=1S/C12H23NO3.C11H22N2O2.C10H20N2O2.C10H19NO2.C10H21NO.C9H17NO2.2C9H19NO.C9H18O2.C8H17NO3S.C8H16O2/c1-12(2,3)16-10-5-7-13(8-6-10)11(14)9-15-4;1-9(2)15-10-5-7-13(8-6-10)11(14)12(3)4;1-8(2)14-9-5-6-12(7-9)10(13)11(3)4;1-8(2)13-10-4-6-11(7-5-10)9(3)12;1-10(2,3)12-9-5-7-11(4)8-6-9;1-7(2)12-9-4-5-10(6-9)8(3)11;1-9(2,3)11-8-5-6-10(4)7-8;2*1-9(2,3)11-8-4-6-10-7-5-8;1-7(2)12-8-4-5-9(6-8)13(3,10)11;1-7(2)10-8-5-3-4-6-9-8/h10H,5-9H2,1-4H3;9-10H,5-8H2,1-4H3;8-9H,5-7H2,1-4H3;8,10H,4-7H2,1-3H3;9H,5-8H2,1-4H3;7,9H,4-6H2,1-3H3;8H,5-7H2,1-4H3;8,10H,4-7H2,1-3H3;8H,4-7H2,1-3H3;7-8H,4-6H2,1-3H3;7-8H,3-6H2,1-2H3. The number of ether oxygens (including phenoxy) is 14. The summed E-state index contributed by atoms with van der Waals surface area (Å²) < 4.78 is 102. The summed E-state index contributed by atoms with van der Waals surface area (Å²) in [4.78, 5) is 74.0. The van der Waals surface area contributed by atoms with E-state index in [0.717, 1.165) is 195 Å². The van der Waals surface area contributed by atoms with Gasteiger partial charge in [-0.15, -0.1) is 0 Å². The van der Waals surface area contributed by atoms with Crippen molar-refractivity contribution in [1.82, 2.24) is 53.7 Å². The summed E-state index contributed by atoms with van der Waals surface area (Å²) in [5.41, 5.74) is -0.0101. The Morgan fingerprint density at radius 2 is 0.659 bits per heavy atom. The third kappa shape index (κ3) is 68.5. The maximum Gasteiger partial charge on any atom is 0.319 e. The Bertz CT molecular complexity index is 3210. The van der Waals surface area contributed by atoms with Crippen molar-refractivity contribution in [2.75, 3.05) is 200 Å². The van der Waals surface area contributed by atoms with E-state index < -0.39 is 10.0 Å². The highest BCUT2D eigenvalue weighted by Gasteiger charge is 2.35. The summed E-state index contributed by atoms with van der Waals surface area (Å²) in [6.45, 7) is 78.0. The van der Waals surface area contributed by atoms with Gasteiger partial charge >= 0.3 is 12.1 Å². The van der Waals surface area contributed by atoms with Crippen LogP contribution in [0.1, 0.15) is 323 Å². The first kappa shape index (κ1) is 132. The van der Waals surface area contributed by atoms with Crippen LogP contribution in [0.4, 0.5) is 9.59 Å². The van der Waals surface area contributed by atoms with Crippen LogP contribution in [0.2, 0.25) is 0 Å². The molecule has 11 fully saturated rings. The SMILES string of the molecule is CC(=O)N1CCC(OC(C)C)C1.CC(=O)N1CCC(OC(C)C)CC1.CC(C)(C)OC1CCNCC1.CC(C)(C)OC1CCOCC1.CC(C)OC1CCCCO1.CC(C)OC1CCN(C(=O)N(C)C)C1.CC(C)OC1CCN(C(=O)N(C)C)CC1.CC(C)OC1CCN(S(C)(=O)=O)C1.CN1CCC(OC(C)(C)C)C1.CN1CCC(OC(C)(C)C)CC1.COCC(=O)N1CCC(OC(C)(C)C)CC1. The summed E-state index contributed by atoms with van der Waals surface area (Å²) >= 11 is 0. The third-order valence-corrected chi connectivity index (χ3v) is 24.2. The van der Waals surface area contributed by atoms with E-state index in [1.807, 2.05) is 79.9 Å². The normalized spacial score (nSPS) is 22.4. The van der Waals surface area contributed by atoms with Gasteiger partial charge in [-0.2, -0.15) is 4.31 Å². The van der Waals surface area contributed by atoms with Crippen LogP contribution in [0.5, 0.6) is 0 Å². The van der Waals surface area contributed by atoms with Crippen molar-refractivity contribution in [3.05, 3.63) is 0 Å². The molecule has 11 aliphatic heterocycles. The molecular formula is C105H211N11O21S. The summed E-state index contributed by atoms with van der Waals surface area (Å²) in [5.74, 6) is 0.421. The number of nitrogens with one attached hydrogen (secondary N) is 1. The lowest BCUT2D eigenvalue weighted by molar-refractivity contribution is -0.180. The fraction of sp³-hybridized carbons (Fsp3) is 0.952. The number of rotatable bonds is 20. The molecule has 0 aromatic carbocycles. The number of urea groups is 2. The molecule has 32 nitrogen and oxygen atoms in total. The number of hydrogen-bond acceptors (Lipinski definition) is 24. The van der Waals surface area contributed by atoms with Gasteiger partial charge < -0.3 is 116 Å². The molecule has 11 rings (SSSR count). The number of nitrogens with zero attached hydrogens (tertiary/aromatic N) is 10. The molecule has 0 radical (unpaired) electrons. The molecule has 5 unspecified atom stereocenters. The summed E-state index contributed by atoms with van der Waals surface area (Å²) in [6.07, 6.45) is 26.2. The highest BCUT2D eigenvalue weighted by Crippen LogP contribution is 2.27. The quantitative estimate of drug-likeness (QED) is 0.118. The Kier molecular flexibility index (Phi) is 65.7. The topological polar surface area (TPSA) is 293 Å². The molecule has 818 valence electrons. The molecule has 138 heavy (non-hydrogen) atoms. The van der Waals surface area contributed by atoms with E-state index in [0.29, 0.717) is 61.9 Å². The first-order valence-corrected chi connectivity index (χ1v) is 54.5. The summed E-state index contributed by atoms with van der Waals surface area (Å²) in [7, 11) is 9.98. The number of methoxy groups -OCH3 is 1. The Balaban J connectivity index is 0.000000761. The smallest absolute Gasteiger partial charge is 0.319 e. The number of carbonyl (C=O) groups excluding carboxylic acids is 5. The largest absolute Gasteiger partial charge is 0.381 e. The predicted molar refractivity (Wildman–Crippen MR) is 556 cm³/mol. The lowest BCUT2D eigenvalue weighted by Crippen LogP contribution is -2.45. The van der Waals surface area contributed by atoms with Crippen molar-refractivity contribution in [2.45, 2.75) is 455 Å². The average molecular weight is 2000 g/mol. The Morgan fingerprint density at radius 3 is 1.01 bits per heavy atom. The molecule has 7 amide bonds. The number of hydrogen-bond donors (Lipinski definition) is 1. The van der Waals surface area contributed by atoms with Crippen LogP contribution >= 0.6 is 0 Å². The second kappa shape index (κ2) is 68.6. The predicted octanol–water partition coefficient (Wildman–Crippen LogP) is 15.9. The van der Waals surface area contributed by atoms with E-state index in [1.165, 1.54) is 62.3 Å². The monoisotopic (exact) mass is 1990 g/mol. The van der Waals surface area contributed by atoms with Gasteiger partial charge in [0.2, 0.25) is 27.7 Å². The van der Waals surface area contributed by atoms with Crippen molar-refractivity contribution in [3.63, 3.8) is 0 Å². The number of carbonyl (C=O) groups is 5. The van der Waals surface area contributed by atoms with Crippen LogP contribution in [0, 0.1) is 0 Å². The first-order valence-electron chi connectivity index (χ1n) is 52.6. The minimum Gasteiger partial charge on any atom is -0.381 e. The van der Waals surface area contributed by atoms with Gasteiger partial charge in [-0.25, -0.2) is 18.0 Å². The molecular weight excluding hydrogens is 1780 g/mol. The zero-order chi connectivity index (χ0) is 105. The van der Waals surface area contributed by atoms with Gasteiger partial charge in [-0.05, 0) is 336 Å². The molecule has 33 heteroatoms. The highest BCUT2D eigenvalue weighted by atomic mass is 32.2. The van der Waals surface area contributed by atoms with Gasteiger partial charge in [0.25, 0.3) is 0 Å². The lowest BCUT2D eigenvalue weighted by atomic mass is 10.1. The van der Waals surface area contributed by atoms with Crippen LogP contribution in [0.3, 0.4) is 0 Å². The lowest BCUT2D eigenvalue weighted by Gasteiger charge is -2.35. The van der Waals surface area contributed by atoms with E-state index in [2.05, 4.69) is 161 Å². The molecule has 11 heterocycles. The van der Waals surface area contributed by atoms with Gasteiger partial charge in [0.1, 0.15) is 6.61 Å².